The van der Waals surface area contributed by atoms with Crippen LogP contribution in [-0.2, 0) is 4.79 Å². The molecular weight excluding hydrogens is 502 g/mol. The van der Waals surface area contributed by atoms with Crippen molar-refractivity contribution in [1.29, 1.82) is 0 Å². The third-order valence-electron chi connectivity index (χ3n) is 5.73. The molecule has 0 saturated carbocycles. The number of amides is 1. The number of carbonyl (C=O) groups is 2. The summed E-state index contributed by atoms with van der Waals surface area (Å²) in [5, 5.41) is 3.31. The molecule has 33 heavy (non-hydrogen) atoms. The normalized spacial score (nSPS) is 14.2. The van der Waals surface area contributed by atoms with Gasteiger partial charge in [0, 0.05) is 47.5 Å². The van der Waals surface area contributed by atoms with Crippen molar-refractivity contribution in [3.05, 3.63) is 92.9 Å². The van der Waals surface area contributed by atoms with E-state index in [0.717, 1.165) is 30.7 Å². The zero-order chi connectivity index (χ0) is 23.4. The first kappa shape index (κ1) is 23.5. The van der Waals surface area contributed by atoms with Crippen LogP contribution in [0.3, 0.4) is 0 Å². The number of halogens is 2. The minimum atomic E-state index is -0.232. The third kappa shape index (κ3) is 5.82. The average Bonchev–Trinajstić information content (AvgIpc) is 2.80. The van der Waals surface area contributed by atoms with Crippen LogP contribution in [0.15, 0.2) is 71.2 Å². The molecule has 1 aliphatic rings. The van der Waals surface area contributed by atoms with Crippen molar-refractivity contribution in [2.75, 3.05) is 42.9 Å². The number of nitrogens with zero attached hydrogens (tertiary/aromatic N) is 2. The lowest BCUT2D eigenvalue weighted by Crippen LogP contribution is -2.48. The van der Waals surface area contributed by atoms with Crippen molar-refractivity contribution in [3.63, 3.8) is 0 Å². The fraction of sp³-hybridized carbons (Fsp3) is 0.231. The van der Waals surface area contributed by atoms with E-state index in [0.29, 0.717) is 21.8 Å². The minimum absolute atomic E-state index is 0.144. The van der Waals surface area contributed by atoms with Crippen LogP contribution in [0.25, 0.3) is 0 Å². The van der Waals surface area contributed by atoms with Crippen LogP contribution in [0, 0.1) is 6.92 Å². The molecule has 7 heteroatoms. The number of anilines is 2. The van der Waals surface area contributed by atoms with Crippen LogP contribution >= 0.6 is 27.5 Å². The number of nitrogens with one attached hydrogen (secondary N) is 1. The van der Waals surface area contributed by atoms with Crippen molar-refractivity contribution in [2.45, 2.75) is 6.92 Å². The molecule has 1 heterocycles. The summed E-state index contributed by atoms with van der Waals surface area (Å²) in [6.45, 7) is 5.70. The number of hydrogen-bond acceptors (Lipinski definition) is 4. The summed E-state index contributed by atoms with van der Waals surface area (Å²) >= 11 is 9.65. The van der Waals surface area contributed by atoms with E-state index in [-0.39, 0.29) is 18.2 Å². The van der Waals surface area contributed by atoms with Gasteiger partial charge in [0.1, 0.15) is 0 Å². The molecule has 0 atom stereocenters. The van der Waals surface area contributed by atoms with Gasteiger partial charge in [-0.15, -0.1) is 0 Å². The Balaban J connectivity index is 1.40. The Morgan fingerprint density at radius 1 is 0.939 bits per heavy atom. The fourth-order valence-corrected chi connectivity index (χ4v) is 4.57. The highest BCUT2D eigenvalue weighted by Gasteiger charge is 2.21. The number of ketones is 1. The van der Waals surface area contributed by atoms with E-state index in [1.165, 1.54) is 11.3 Å². The number of rotatable bonds is 6. The van der Waals surface area contributed by atoms with Crippen LogP contribution in [0.2, 0.25) is 5.02 Å². The van der Waals surface area contributed by atoms with Gasteiger partial charge in [-0.2, -0.15) is 0 Å². The molecule has 3 aromatic rings. The van der Waals surface area contributed by atoms with E-state index in [1.807, 2.05) is 0 Å². The molecule has 4 rings (SSSR count). The van der Waals surface area contributed by atoms with Crippen LogP contribution in [0.1, 0.15) is 21.5 Å². The van der Waals surface area contributed by atoms with Gasteiger partial charge in [-0.25, -0.2) is 0 Å². The number of carbonyl (C=O) groups excluding carboxylic acids is 2. The average molecular weight is 527 g/mol. The molecule has 0 spiro atoms. The highest BCUT2D eigenvalue weighted by Crippen LogP contribution is 2.27. The van der Waals surface area contributed by atoms with Gasteiger partial charge in [-0.05, 0) is 55.0 Å². The first-order valence-corrected chi connectivity index (χ1v) is 12.0. The van der Waals surface area contributed by atoms with E-state index < -0.39 is 0 Å². The zero-order valence-corrected chi connectivity index (χ0v) is 20.7. The molecule has 0 bridgehead atoms. The Hall–Kier alpha value is -2.67. The Morgan fingerprint density at radius 3 is 2.42 bits per heavy atom. The first-order valence-electron chi connectivity index (χ1n) is 10.8. The lowest BCUT2D eigenvalue weighted by molar-refractivity contribution is -0.117. The maximum absolute atomic E-state index is 13.1. The third-order valence-corrected chi connectivity index (χ3v) is 6.55. The van der Waals surface area contributed by atoms with E-state index in [9.17, 15) is 9.59 Å². The number of benzene rings is 3. The van der Waals surface area contributed by atoms with E-state index >= 15 is 0 Å². The molecule has 1 aliphatic heterocycles. The van der Waals surface area contributed by atoms with Crippen molar-refractivity contribution in [3.8, 4) is 0 Å². The molecule has 1 N–H and O–H groups in total. The van der Waals surface area contributed by atoms with Gasteiger partial charge in [0.05, 0.1) is 17.3 Å². The summed E-state index contributed by atoms with van der Waals surface area (Å²) in [5.74, 6) is -0.376. The SMILES string of the molecule is Cc1cccc(N2CCN(CC(=O)Nc3ccc(Br)cc3C(=O)c3ccccc3Cl)CC2)c1. The lowest BCUT2D eigenvalue weighted by atomic mass is 10.0. The summed E-state index contributed by atoms with van der Waals surface area (Å²) < 4.78 is 0.753. The summed E-state index contributed by atoms with van der Waals surface area (Å²) in [5.41, 5.74) is 3.74. The molecule has 5 nitrogen and oxygen atoms in total. The van der Waals surface area contributed by atoms with Gasteiger partial charge in [0.2, 0.25) is 5.91 Å². The van der Waals surface area contributed by atoms with Crippen LogP contribution < -0.4 is 10.2 Å². The molecule has 0 aromatic heterocycles. The van der Waals surface area contributed by atoms with Crippen molar-refractivity contribution in [2.24, 2.45) is 0 Å². The summed E-state index contributed by atoms with van der Waals surface area (Å²) in [6.07, 6.45) is 0. The Kier molecular flexibility index (Phi) is 7.48. The number of hydrogen-bond donors (Lipinski definition) is 1. The van der Waals surface area contributed by atoms with Gasteiger partial charge in [0.25, 0.3) is 0 Å². The number of aryl methyl sites for hydroxylation is 1. The Morgan fingerprint density at radius 2 is 1.70 bits per heavy atom. The molecule has 1 amide bonds. The molecule has 1 saturated heterocycles. The van der Waals surface area contributed by atoms with E-state index in [2.05, 4.69) is 62.2 Å². The van der Waals surface area contributed by atoms with Gasteiger partial charge in [0.15, 0.2) is 5.78 Å². The zero-order valence-electron chi connectivity index (χ0n) is 18.4. The smallest absolute Gasteiger partial charge is 0.238 e. The molecule has 0 unspecified atom stereocenters. The largest absolute Gasteiger partial charge is 0.369 e. The quantitative estimate of drug-likeness (QED) is 0.437. The Labute approximate surface area is 207 Å². The maximum atomic E-state index is 13.1. The van der Waals surface area contributed by atoms with Gasteiger partial charge in [-0.1, -0.05) is 51.8 Å². The van der Waals surface area contributed by atoms with E-state index in [4.69, 9.17) is 11.6 Å². The van der Waals surface area contributed by atoms with Crippen molar-refractivity contribution >= 4 is 50.6 Å². The maximum Gasteiger partial charge on any atom is 0.238 e. The monoisotopic (exact) mass is 525 g/mol. The molecular formula is C26H25BrClN3O2. The van der Waals surface area contributed by atoms with Crippen LogP contribution in [0.4, 0.5) is 11.4 Å². The van der Waals surface area contributed by atoms with Gasteiger partial charge >= 0.3 is 0 Å². The summed E-state index contributed by atoms with van der Waals surface area (Å²) in [4.78, 5) is 30.4. The molecule has 170 valence electrons. The second-order valence-electron chi connectivity index (χ2n) is 8.15. The van der Waals surface area contributed by atoms with Crippen LogP contribution in [0.5, 0.6) is 0 Å². The van der Waals surface area contributed by atoms with Gasteiger partial charge in [-0.3, -0.25) is 14.5 Å². The predicted octanol–water partition coefficient (Wildman–Crippen LogP) is 5.40. The van der Waals surface area contributed by atoms with Crippen molar-refractivity contribution in [1.82, 2.24) is 4.90 Å². The fourth-order valence-electron chi connectivity index (χ4n) is 3.99. The van der Waals surface area contributed by atoms with Crippen LogP contribution in [-0.4, -0.2) is 49.3 Å². The summed E-state index contributed by atoms with van der Waals surface area (Å²) in [6, 6.07) is 20.7. The van der Waals surface area contributed by atoms with E-state index in [1.54, 1.807) is 42.5 Å². The molecule has 3 aromatic carbocycles. The highest BCUT2D eigenvalue weighted by atomic mass is 79.9. The second kappa shape index (κ2) is 10.5. The highest BCUT2D eigenvalue weighted by molar-refractivity contribution is 9.10. The molecule has 0 radical (unpaired) electrons. The standard InChI is InChI=1S/C26H25BrClN3O2/c1-18-5-4-6-20(15-18)31-13-11-30(12-14-31)17-25(32)29-24-10-9-19(27)16-22(24)26(33)21-7-2-3-8-23(21)28/h2-10,15-16H,11-14,17H2,1H3,(H,29,32). The van der Waals surface area contributed by atoms with Crippen molar-refractivity contribution < 1.29 is 9.59 Å². The minimum Gasteiger partial charge on any atom is -0.369 e. The number of piperazine rings is 1. The van der Waals surface area contributed by atoms with Gasteiger partial charge < -0.3 is 10.2 Å². The second-order valence-corrected chi connectivity index (χ2v) is 9.47. The first-order chi connectivity index (χ1) is 15.9. The predicted molar refractivity (Wildman–Crippen MR) is 137 cm³/mol. The molecule has 0 aliphatic carbocycles. The Bertz CT molecular complexity index is 1180. The lowest BCUT2D eigenvalue weighted by Gasteiger charge is -2.35. The molecule has 1 fully saturated rings. The summed E-state index contributed by atoms with van der Waals surface area (Å²) in [7, 11) is 0. The topological polar surface area (TPSA) is 52.6 Å².